The minimum absolute atomic E-state index is 0. The topological polar surface area (TPSA) is 9.23 Å². The van der Waals surface area contributed by atoms with Crippen molar-refractivity contribution in [3.63, 3.8) is 0 Å². The quantitative estimate of drug-likeness (QED) is 0.706. The van der Waals surface area contributed by atoms with Crippen molar-refractivity contribution in [2.45, 2.75) is 13.8 Å². The zero-order valence-corrected chi connectivity index (χ0v) is 9.30. The van der Waals surface area contributed by atoms with E-state index < -0.39 is 0 Å². The second-order valence-electron chi connectivity index (χ2n) is 0.781. The fourth-order valence-corrected chi connectivity index (χ4v) is 0.204. The van der Waals surface area contributed by atoms with E-state index in [-0.39, 0.29) is 48.0 Å². The van der Waals surface area contributed by atoms with Crippen LogP contribution in [-0.4, -0.2) is 13.2 Å². The standard InChI is InChI=1S/C4H10O.2HI/c1-3-5-4-2;;/h3-4H2,1-2H3;2*1H. The van der Waals surface area contributed by atoms with Crippen molar-refractivity contribution in [1.82, 2.24) is 0 Å². The summed E-state index contributed by atoms with van der Waals surface area (Å²) in [6.45, 7) is 5.67. The highest BCUT2D eigenvalue weighted by Crippen LogP contribution is 1.64. The highest BCUT2D eigenvalue weighted by molar-refractivity contribution is 14.0. The lowest BCUT2D eigenvalue weighted by Crippen LogP contribution is -1.84. The number of halogens is 2. The first kappa shape index (κ1) is 15.8. The van der Waals surface area contributed by atoms with Crippen LogP contribution in [0.4, 0.5) is 0 Å². The Morgan fingerprint density at radius 1 is 1.00 bits per heavy atom. The van der Waals surface area contributed by atoms with Crippen LogP contribution in [0.25, 0.3) is 0 Å². The van der Waals surface area contributed by atoms with Crippen LogP contribution in [0.15, 0.2) is 0 Å². The van der Waals surface area contributed by atoms with E-state index in [1.54, 1.807) is 0 Å². The third kappa shape index (κ3) is 18.6. The van der Waals surface area contributed by atoms with Gasteiger partial charge in [-0.3, -0.25) is 0 Å². The normalized spacial score (nSPS) is 6.00. The van der Waals surface area contributed by atoms with Crippen molar-refractivity contribution in [3.05, 3.63) is 0 Å². The fraction of sp³-hybridized carbons (Fsp3) is 1.00. The number of hydrogen-bond donors (Lipinski definition) is 0. The number of hydrogen-bond acceptors (Lipinski definition) is 1. The molecular weight excluding hydrogens is 318 g/mol. The lowest BCUT2D eigenvalue weighted by molar-refractivity contribution is 0.162. The molecule has 0 atom stereocenters. The molecule has 0 spiro atoms. The van der Waals surface area contributed by atoms with E-state index in [0.29, 0.717) is 0 Å². The van der Waals surface area contributed by atoms with Crippen LogP contribution in [0.2, 0.25) is 0 Å². The lowest BCUT2D eigenvalue weighted by Gasteiger charge is -1.86. The Labute approximate surface area is 79.2 Å². The molecule has 0 fully saturated rings. The Hall–Kier alpha value is 1.42. The Morgan fingerprint density at radius 2 is 1.29 bits per heavy atom. The highest BCUT2D eigenvalue weighted by Gasteiger charge is 1.64. The zero-order chi connectivity index (χ0) is 4.12. The van der Waals surface area contributed by atoms with Crippen molar-refractivity contribution in [3.8, 4) is 0 Å². The highest BCUT2D eigenvalue weighted by atomic mass is 127. The molecule has 0 aromatic carbocycles. The SMILES string of the molecule is CCOCC.I.I. The molecule has 3 heteroatoms. The summed E-state index contributed by atoms with van der Waals surface area (Å²) < 4.78 is 4.83. The van der Waals surface area contributed by atoms with Gasteiger partial charge in [0.15, 0.2) is 0 Å². The minimum Gasteiger partial charge on any atom is -0.382 e. The van der Waals surface area contributed by atoms with Crippen LogP contribution in [0.3, 0.4) is 0 Å². The largest absolute Gasteiger partial charge is 0.382 e. The molecule has 48 valence electrons. The summed E-state index contributed by atoms with van der Waals surface area (Å²) in [4.78, 5) is 0. The molecule has 0 aromatic heterocycles. The van der Waals surface area contributed by atoms with Gasteiger partial charge in [0.2, 0.25) is 0 Å². The van der Waals surface area contributed by atoms with Gasteiger partial charge in [-0.05, 0) is 13.8 Å². The molecule has 0 radical (unpaired) electrons. The molecule has 0 saturated carbocycles. The predicted octanol–water partition coefficient (Wildman–Crippen LogP) is 2.28. The molecule has 0 aliphatic rings. The van der Waals surface area contributed by atoms with E-state index in [4.69, 9.17) is 4.74 Å². The summed E-state index contributed by atoms with van der Waals surface area (Å²) >= 11 is 0. The van der Waals surface area contributed by atoms with Gasteiger partial charge in [-0.15, -0.1) is 48.0 Å². The van der Waals surface area contributed by atoms with Gasteiger partial charge in [0.1, 0.15) is 0 Å². The van der Waals surface area contributed by atoms with Crippen molar-refractivity contribution < 1.29 is 4.74 Å². The third-order valence-electron chi connectivity index (χ3n) is 0.408. The van der Waals surface area contributed by atoms with Crippen LogP contribution in [0.1, 0.15) is 13.8 Å². The first-order valence-electron chi connectivity index (χ1n) is 1.99. The molecule has 0 N–H and O–H groups in total. The van der Waals surface area contributed by atoms with Crippen molar-refractivity contribution in [2.24, 2.45) is 0 Å². The van der Waals surface area contributed by atoms with Crippen LogP contribution < -0.4 is 0 Å². The van der Waals surface area contributed by atoms with Gasteiger partial charge in [-0.25, -0.2) is 0 Å². The van der Waals surface area contributed by atoms with E-state index in [1.165, 1.54) is 0 Å². The smallest absolute Gasteiger partial charge is 0.0437 e. The van der Waals surface area contributed by atoms with Gasteiger partial charge in [-0.1, -0.05) is 0 Å². The maximum atomic E-state index is 4.83. The average molecular weight is 330 g/mol. The Kier molecular flexibility index (Phi) is 35.3. The molecule has 0 amide bonds. The fourth-order valence-electron chi connectivity index (χ4n) is 0.204. The van der Waals surface area contributed by atoms with E-state index in [9.17, 15) is 0 Å². The molecule has 1 nitrogen and oxygen atoms in total. The van der Waals surface area contributed by atoms with Crippen molar-refractivity contribution >= 4 is 48.0 Å². The van der Waals surface area contributed by atoms with Gasteiger partial charge in [-0.2, -0.15) is 0 Å². The first-order valence-corrected chi connectivity index (χ1v) is 1.99. The molecule has 7 heavy (non-hydrogen) atoms. The van der Waals surface area contributed by atoms with Gasteiger partial charge in [0.25, 0.3) is 0 Å². The maximum absolute atomic E-state index is 4.83. The van der Waals surface area contributed by atoms with Crippen LogP contribution >= 0.6 is 48.0 Å². The molecule has 0 heterocycles. The molecule has 0 aromatic rings. The summed E-state index contributed by atoms with van der Waals surface area (Å²) in [5, 5.41) is 0. The zero-order valence-electron chi connectivity index (χ0n) is 4.64. The summed E-state index contributed by atoms with van der Waals surface area (Å²) in [6.07, 6.45) is 0. The average Bonchev–Trinajstić information content (AvgIpc) is 1.41. The van der Waals surface area contributed by atoms with Crippen LogP contribution in [0, 0.1) is 0 Å². The molecule has 0 bridgehead atoms. The van der Waals surface area contributed by atoms with E-state index in [1.807, 2.05) is 13.8 Å². The Balaban J connectivity index is -0.0000000800. The molecule has 0 saturated heterocycles. The second-order valence-corrected chi connectivity index (χ2v) is 0.781. The molecule has 0 aliphatic heterocycles. The molecule has 0 aliphatic carbocycles. The summed E-state index contributed by atoms with van der Waals surface area (Å²) in [7, 11) is 0. The second kappa shape index (κ2) is 15.7. The van der Waals surface area contributed by atoms with Gasteiger partial charge < -0.3 is 4.74 Å². The summed E-state index contributed by atoms with van der Waals surface area (Å²) in [5.74, 6) is 0. The molecular formula is C4H12I2O. The van der Waals surface area contributed by atoms with E-state index in [2.05, 4.69) is 0 Å². The third-order valence-corrected chi connectivity index (χ3v) is 0.408. The van der Waals surface area contributed by atoms with Gasteiger partial charge >= 0.3 is 0 Å². The van der Waals surface area contributed by atoms with Crippen molar-refractivity contribution in [2.75, 3.05) is 13.2 Å². The molecule has 0 unspecified atom stereocenters. The van der Waals surface area contributed by atoms with Gasteiger partial charge in [0, 0.05) is 13.2 Å². The van der Waals surface area contributed by atoms with E-state index in [0.717, 1.165) is 13.2 Å². The number of ether oxygens (including phenoxy) is 1. The summed E-state index contributed by atoms with van der Waals surface area (Å²) in [6, 6.07) is 0. The Morgan fingerprint density at radius 3 is 1.29 bits per heavy atom. The number of rotatable bonds is 2. The lowest BCUT2D eigenvalue weighted by atomic mass is 10.8. The van der Waals surface area contributed by atoms with Gasteiger partial charge in [0.05, 0.1) is 0 Å². The van der Waals surface area contributed by atoms with E-state index >= 15 is 0 Å². The van der Waals surface area contributed by atoms with Crippen LogP contribution in [-0.2, 0) is 4.74 Å². The minimum atomic E-state index is 0. The molecule has 0 rings (SSSR count). The first-order chi connectivity index (χ1) is 2.41. The Bertz CT molecular complexity index is 17.2. The predicted molar refractivity (Wildman–Crippen MR) is 53.0 cm³/mol. The van der Waals surface area contributed by atoms with Crippen molar-refractivity contribution in [1.29, 1.82) is 0 Å². The monoisotopic (exact) mass is 330 g/mol. The maximum Gasteiger partial charge on any atom is 0.0437 e. The summed E-state index contributed by atoms with van der Waals surface area (Å²) in [5.41, 5.74) is 0. The van der Waals surface area contributed by atoms with Crippen LogP contribution in [0.5, 0.6) is 0 Å².